The molecule has 2 rings (SSSR count). The number of hydrogen-bond acceptors (Lipinski definition) is 3. The Balaban J connectivity index is 2.26. The predicted octanol–water partition coefficient (Wildman–Crippen LogP) is 1.27. The first kappa shape index (κ1) is 14.5. The average Bonchev–Trinajstić information content (AvgIpc) is 2.59. The molecule has 1 saturated heterocycles. The van der Waals surface area contributed by atoms with Gasteiger partial charge in [-0.1, -0.05) is 15.9 Å². The van der Waals surface area contributed by atoms with E-state index in [9.17, 15) is 13.2 Å². The van der Waals surface area contributed by atoms with Crippen molar-refractivity contribution >= 4 is 31.9 Å². The van der Waals surface area contributed by atoms with Crippen LogP contribution in [0.4, 0.5) is 0 Å². The minimum absolute atomic E-state index is 0.168. The van der Waals surface area contributed by atoms with E-state index in [1.54, 1.807) is 13.1 Å². The molecular formula is C12H15BrN2O3S. The molecule has 1 unspecified atom stereocenters. The van der Waals surface area contributed by atoms with Crippen LogP contribution in [0.1, 0.15) is 12.0 Å². The molecule has 7 heteroatoms. The van der Waals surface area contributed by atoms with Crippen LogP contribution in [-0.2, 0) is 14.8 Å². The normalized spacial score (nSPS) is 20.1. The molecule has 0 spiro atoms. The van der Waals surface area contributed by atoms with Crippen molar-refractivity contribution in [1.29, 1.82) is 0 Å². The third kappa shape index (κ3) is 3.16. The Bertz CT molecular complexity index is 595. The van der Waals surface area contributed by atoms with E-state index in [0.717, 1.165) is 5.56 Å². The number of carbonyl (C=O) groups is 1. The number of hydrogen-bond donors (Lipinski definition) is 1. The van der Waals surface area contributed by atoms with Gasteiger partial charge in [0.15, 0.2) is 0 Å². The van der Waals surface area contributed by atoms with E-state index in [2.05, 4.69) is 20.7 Å². The number of likely N-dealkylation sites (tertiary alicyclic amines) is 1. The molecule has 0 aromatic heterocycles. The van der Waals surface area contributed by atoms with Crippen LogP contribution in [0.25, 0.3) is 0 Å². The van der Waals surface area contributed by atoms with Gasteiger partial charge in [-0.3, -0.25) is 4.79 Å². The number of aryl methyl sites for hydroxylation is 1. The molecule has 1 aromatic rings. The summed E-state index contributed by atoms with van der Waals surface area (Å²) in [7, 11) is -2.01. The lowest BCUT2D eigenvalue weighted by molar-refractivity contribution is -0.127. The van der Waals surface area contributed by atoms with Crippen LogP contribution in [0, 0.1) is 6.92 Å². The topological polar surface area (TPSA) is 66.5 Å². The van der Waals surface area contributed by atoms with Gasteiger partial charge in [-0.15, -0.1) is 0 Å². The van der Waals surface area contributed by atoms with Crippen LogP contribution in [0.2, 0.25) is 0 Å². The molecule has 1 amide bonds. The van der Waals surface area contributed by atoms with E-state index in [1.807, 2.05) is 13.0 Å². The second-order valence-electron chi connectivity index (χ2n) is 4.69. The first-order valence-electron chi connectivity index (χ1n) is 5.84. The van der Waals surface area contributed by atoms with Crippen molar-refractivity contribution in [3.63, 3.8) is 0 Å². The molecule has 1 atom stereocenters. The van der Waals surface area contributed by atoms with E-state index in [1.165, 1.54) is 11.0 Å². The molecule has 19 heavy (non-hydrogen) atoms. The fraction of sp³-hybridized carbons (Fsp3) is 0.417. The molecule has 1 aliphatic rings. The van der Waals surface area contributed by atoms with Crippen LogP contribution in [0.15, 0.2) is 27.6 Å². The summed E-state index contributed by atoms with van der Waals surface area (Å²) >= 11 is 3.27. The second-order valence-corrected chi connectivity index (χ2v) is 7.32. The van der Waals surface area contributed by atoms with E-state index in [0.29, 0.717) is 17.4 Å². The van der Waals surface area contributed by atoms with Crippen molar-refractivity contribution in [2.45, 2.75) is 24.3 Å². The lowest BCUT2D eigenvalue weighted by Gasteiger charge is -2.13. The van der Waals surface area contributed by atoms with Crippen molar-refractivity contribution in [2.24, 2.45) is 0 Å². The molecule has 1 N–H and O–H groups in total. The summed E-state index contributed by atoms with van der Waals surface area (Å²) in [5.41, 5.74) is 0.838. The molecule has 104 valence electrons. The highest BCUT2D eigenvalue weighted by Gasteiger charge is 2.32. The molecule has 1 aliphatic heterocycles. The van der Waals surface area contributed by atoms with Crippen LogP contribution < -0.4 is 4.72 Å². The van der Waals surface area contributed by atoms with Gasteiger partial charge in [-0.05, 0) is 37.1 Å². The molecule has 0 radical (unpaired) electrons. The SMILES string of the molecule is Cc1cc(Br)cc(S(=O)(=O)NC2CCN(C)C2=O)c1. The summed E-state index contributed by atoms with van der Waals surface area (Å²) in [6.07, 6.45) is 0.502. The van der Waals surface area contributed by atoms with Gasteiger partial charge in [0.2, 0.25) is 15.9 Å². The van der Waals surface area contributed by atoms with Crippen molar-refractivity contribution in [2.75, 3.05) is 13.6 Å². The maximum Gasteiger partial charge on any atom is 0.241 e. The standard InChI is InChI=1S/C12H15BrN2O3S/c1-8-5-9(13)7-10(6-8)19(17,18)14-11-3-4-15(2)12(11)16/h5-7,11,14H,3-4H2,1-2H3. The van der Waals surface area contributed by atoms with Gasteiger partial charge in [0.25, 0.3) is 0 Å². The number of carbonyl (C=O) groups excluding carboxylic acids is 1. The van der Waals surface area contributed by atoms with Gasteiger partial charge >= 0.3 is 0 Å². The summed E-state index contributed by atoms with van der Waals surface area (Å²) < 4.78 is 27.6. The number of benzene rings is 1. The number of halogens is 1. The number of sulfonamides is 1. The number of nitrogens with one attached hydrogen (secondary N) is 1. The smallest absolute Gasteiger partial charge is 0.241 e. The van der Waals surface area contributed by atoms with Gasteiger partial charge in [0, 0.05) is 18.1 Å². The molecule has 0 aliphatic carbocycles. The number of likely N-dealkylation sites (N-methyl/N-ethyl adjacent to an activating group) is 1. The molecule has 5 nitrogen and oxygen atoms in total. The Hall–Kier alpha value is -0.920. The highest BCUT2D eigenvalue weighted by molar-refractivity contribution is 9.10. The van der Waals surface area contributed by atoms with E-state index in [-0.39, 0.29) is 10.8 Å². The molecule has 0 bridgehead atoms. The minimum atomic E-state index is -3.67. The van der Waals surface area contributed by atoms with Gasteiger partial charge < -0.3 is 4.90 Å². The summed E-state index contributed by atoms with van der Waals surface area (Å²) in [5.74, 6) is -0.185. The highest BCUT2D eigenvalue weighted by Crippen LogP contribution is 2.20. The molecule has 1 heterocycles. The number of nitrogens with zero attached hydrogens (tertiary/aromatic N) is 1. The Morgan fingerprint density at radius 3 is 2.58 bits per heavy atom. The molecule has 1 aromatic carbocycles. The van der Waals surface area contributed by atoms with Crippen molar-refractivity contribution in [1.82, 2.24) is 9.62 Å². The summed E-state index contributed by atoms with van der Waals surface area (Å²) in [6.45, 7) is 2.39. The lowest BCUT2D eigenvalue weighted by atomic mass is 10.2. The summed E-state index contributed by atoms with van der Waals surface area (Å²) in [6, 6.07) is 4.27. The first-order chi connectivity index (χ1) is 8.79. The largest absolute Gasteiger partial charge is 0.344 e. The van der Waals surface area contributed by atoms with Crippen molar-refractivity contribution in [3.8, 4) is 0 Å². The Morgan fingerprint density at radius 2 is 2.05 bits per heavy atom. The van der Waals surface area contributed by atoms with Crippen molar-refractivity contribution < 1.29 is 13.2 Å². The minimum Gasteiger partial charge on any atom is -0.344 e. The Labute approximate surface area is 121 Å². The van der Waals surface area contributed by atoms with E-state index >= 15 is 0 Å². The maximum absolute atomic E-state index is 12.2. The van der Waals surface area contributed by atoms with Crippen LogP contribution >= 0.6 is 15.9 Å². The third-order valence-electron chi connectivity index (χ3n) is 3.05. The van der Waals surface area contributed by atoms with Gasteiger partial charge in [0.05, 0.1) is 4.90 Å². The number of amides is 1. The summed E-state index contributed by atoms with van der Waals surface area (Å²) in [4.78, 5) is 13.4. The zero-order valence-electron chi connectivity index (χ0n) is 10.7. The second kappa shape index (κ2) is 5.22. The molecule has 0 saturated carbocycles. The fourth-order valence-corrected chi connectivity index (χ4v) is 4.16. The van der Waals surface area contributed by atoms with Crippen LogP contribution in [0.3, 0.4) is 0 Å². The fourth-order valence-electron chi connectivity index (χ4n) is 2.05. The highest BCUT2D eigenvalue weighted by atomic mass is 79.9. The van der Waals surface area contributed by atoms with Crippen LogP contribution in [0.5, 0.6) is 0 Å². The quantitative estimate of drug-likeness (QED) is 0.896. The average molecular weight is 347 g/mol. The third-order valence-corrected chi connectivity index (χ3v) is 4.96. The van der Waals surface area contributed by atoms with Gasteiger partial charge in [-0.2, -0.15) is 4.72 Å². The zero-order valence-corrected chi connectivity index (χ0v) is 13.1. The number of rotatable bonds is 3. The van der Waals surface area contributed by atoms with Gasteiger partial charge in [0.1, 0.15) is 6.04 Å². The molecular weight excluding hydrogens is 332 g/mol. The van der Waals surface area contributed by atoms with Crippen LogP contribution in [-0.4, -0.2) is 38.9 Å². The summed E-state index contributed by atoms with van der Waals surface area (Å²) in [5, 5.41) is 0. The Kier molecular flexibility index (Phi) is 3.98. The monoisotopic (exact) mass is 346 g/mol. The van der Waals surface area contributed by atoms with Crippen molar-refractivity contribution in [3.05, 3.63) is 28.2 Å². The van der Waals surface area contributed by atoms with E-state index < -0.39 is 16.1 Å². The van der Waals surface area contributed by atoms with E-state index in [4.69, 9.17) is 0 Å². The molecule has 1 fully saturated rings. The van der Waals surface area contributed by atoms with Gasteiger partial charge in [-0.25, -0.2) is 8.42 Å². The zero-order chi connectivity index (χ0) is 14.2. The first-order valence-corrected chi connectivity index (χ1v) is 8.12. The maximum atomic E-state index is 12.2. The lowest BCUT2D eigenvalue weighted by Crippen LogP contribution is -2.40. The predicted molar refractivity (Wildman–Crippen MR) is 75.2 cm³/mol. The Morgan fingerprint density at radius 1 is 1.37 bits per heavy atom.